The maximum absolute atomic E-state index is 13.3. The van der Waals surface area contributed by atoms with Gasteiger partial charge in [0, 0.05) is 31.0 Å². The van der Waals surface area contributed by atoms with Crippen LogP contribution in [0.15, 0.2) is 60.8 Å². The molecule has 7 heteroatoms. The van der Waals surface area contributed by atoms with Crippen molar-refractivity contribution in [1.82, 2.24) is 9.47 Å². The quantitative estimate of drug-likeness (QED) is 0.626. The number of carbonyl (C=O) groups excluding carboxylic acids is 1. The number of halogens is 1. The van der Waals surface area contributed by atoms with Crippen molar-refractivity contribution >= 4 is 23.3 Å². The van der Waals surface area contributed by atoms with E-state index in [1.807, 2.05) is 29.2 Å². The van der Waals surface area contributed by atoms with Crippen molar-refractivity contribution in [3.05, 3.63) is 77.1 Å². The largest absolute Gasteiger partial charge is 0.495 e. The minimum atomic E-state index is -0.192. The molecule has 6 nitrogen and oxygen atoms in total. The minimum Gasteiger partial charge on any atom is -0.495 e. The van der Waals surface area contributed by atoms with E-state index in [1.54, 1.807) is 19.2 Å². The topological polar surface area (TPSA) is 55.7 Å². The lowest BCUT2D eigenvalue weighted by atomic mass is 10.0. The van der Waals surface area contributed by atoms with Gasteiger partial charge in [-0.1, -0.05) is 41.9 Å². The number of benzene rings is 2. The predicted octanol–water partition coefficient (Wildman–Crippen LogP) is 4.99. The zero-order chi connectivity index (χ0) is 21.1. The molecule has 3 aromatic rings. The molecule has 1 N–H and O–H groups in total. The Kier molecular flexibility index (Phi) is 5.86. The number of urea groups is 1. The molecule has 0 fully saturated rings. The Hall–Kier alpha value is -3.12. The summed E-state index contributed by atoms with van der Waals surface area (Å²) in [7, 11) is 3.08. The number of hydrogen-bond donors (Lipinski definition) is 1. The lowest BCUT2D eigenvalue weighted by Crippen LogP contribution is -2.44. The standard InChI is InChI=1S/C23H24ClN3O3/c1-29-21-15-22(30-2)18(14-17(21)24)25-23(28)27-12-11-26-10-6-9-19(26)20(27)13-16-7-4-3-5-8-16/h3-10,14-15,20H,11-13H2,1-2H3,(H,25,28)/t20-/m1/s1. The van der Waals surface area contributed by atoms with Gasteiger partial charge in [0.05, 0.1) is 31.0 Å². The van der Waals surface area contributed by atoms with Crippen LogP contribution >= 0.6 is 11.6 Å². The van der Waals surface area contributed by atoms with Crippen LogP contribution in [0.5, 0.6) is 11.5 Å². The maximum atomic E-state index is 13.3. The molecule has 2 aromatic carbocycles. The highest BCUT2D eigenvalue weighted by atomic mass is 35.5. The number of carbonyl (C=O) groups is 1. The highest BCUT2D eigenvalue weighted by Gasteiger charge is 2.31. The van der Waals surface area contributed by atoms with Crippen LogP contribution in [0.25, 0.3) is 0 Å². The second-order valence-electron chi connectivity index (χ2n) is 7.14. The molecule has 0 saturated carbocycles. The van der Waals surface area contributed by atoms with E-state index in [4.69, 9.17) is 21.1 Å². The first-order chi connectivity index (χ1) is 14.6. The summed E-state index contributed by atoms with van der Waals surface area (Å²) in [6.45, 7) is 1.36. The van der Waals surface area contributed by atoms with Crippen molar-refractivity contribution in [2.45, 2.75) is 19.0 Å². The fraction of sp³-hybridized carbons (Fsp3) is 0.261. The molecule has 0 saturated heterocycles. The Labute approximate surface area is 181 Å². The number of methoxy groups -OCH3 is 2. The number of amides is 2. The molecular formula is C23H24ClN3O3. The molecule has 0 radical (unpaired) electrons. The lowest BCUT2D eigenvalue weighted by Gasteiger charge is -2.37. The first kappa shape index (κ1) is 20.2. The second-order valence-corrected chi connectivity index (χ2v) is 7.55. The lowest BCUT2D eigenvalue weighted by molar-refractivity contribution is 0.167. The summed E-state index contributed by atoms with van der Waals surface area (Å²) in [4.78, 5) is 15.2. The van der Waals surface area contributed by atoms with E-state index in [-0.39, 0.29) is 12.1 Å². The molecule has 0 spiro atoms. The number of hydrogen-bond acceptors (Lipinski definition) is 3. The van der Waals surface area contributed by atoms with Crippen molar-refractivity contribution in [3.63, 3.8) is 0 Å². The summed E-state index contributed by atoms with van der Waals surface area (Å²) < 4.78 is 12.9. The molecule has 0 unspecified atom stereocenters. The van der Waals surface area contributed by atoms with Gasteiger partial charge in [0.1, 0.15) is 11.5 Å². The van der Waals surface area contributed by atoms with E-state index in [9.17, 15) is 4.79 Å². The maximum Gasteiger partial charge on any atom is 0.322 e. The zero-order valence-electron chi connectivity index (χ0n) is 17.0. The van der Waals surface area contributed by atoms with Gasteiger partial charge in [-0.3, -0.25) is 0 Å². The average Bonchev–Trinajstić information content (AvgIpc) is 3.24. The van der Waals surface area contributed by atoms with E-state index in [0.29, 0.717) is 28.8 Å². The molecule has 156 valence electrons. The summed E-state index contributed by atoms with van der Waals surface area (Å²) in [6, 6.07) is 17.4. The number of nitrogens with one attached hydrogen (secondary N) is 1. The van der Waals surface area contributed by atoms with Crippen molar-refractivity contribution in [1.29, 1.82) is 0 Å². The molecule has 2 heterocycles. The van der Waals surface area contributed by atoms with Gasteiger partial charge in [-0.2, -0.15) is 0 Å². The summed E-state index contributed by atoms with van der Waals surface area (Å²) in [5.41, 5.74) is 2.81. The Morgan fingerprint density at radius 1 is 1.07 bits per heavy atom. The van der Waals surface area contributed by atoms with E-state index in [1.165, 1.54) is 12.7 Å². The third-order valence-electron chi connectivity index (χ3n) is 5.41. The van der Waals surface area contributed by atoms with Crippen LogP contribution in [0.3, 0.4) is 0 Å². The predicted molar refractivity (Wildman–Crippen MR) is 118 cm³/mol. The molecule has 1 aliphatic heterocycles. The van der Waals surface area contributed by atoms with Crippen LogP contribution in [0.4, 0.5) is 10.5 Å². The third kappa shape index (κ3) is 3.96. The second kappa shape index (κ2) is 8.71. The van der Waals surface area contributed by atoms with Crippen LogP contribution in [-0.2, 0) is 13.0 Å². The minimum absolute atomic E-state index is 0.0733. The van der Waals surface area contributed by atoms with Gasteiger partial charge >= 0.3 is 6.03 Å². The zero-order valence-corrected chi connectivity index (χ0v) is 17.7. The van der Waals surface area contributed by atoms with Crippen molar-refractivity contribution in [2.75, 3.05) is 26.1 Å². The number of nitrogens with zero attached hydrogens (tertiary/aromatic N) is 2. The summed E-state index contributed by atoms with van der Waals surface area (Å²) in [5.74, 6) is 0.980. The van der Waals surface area contributed by atoms with Crippen LogP contribution in [-0.4, -0.2) is 36.3 Å². The Bertz CT molecular complexity index is 1040. The van der Waals surface area contributed by atoms with Crippen LogP contribution in [0, 0.1) is 0 Å². The summed E-state index contributed by atoms with van der Waals surface area (Å²) in [6.07, 6.45) is 2.80. The first-order valence-electron chi connectivity index (χ1n) is 9.79. The van der Waals surface area contributed by atoms with Crippen LogP contribution in [0.1, 0.15) is 17.3 Å². The summed E-state index contributed by atoms with van der Waals surface area (Å²) >= 11 is 6.27. The molecule has 0 bridgehead atoms. The number of ether oxygens (including phenoxy) is 2. The Morgan fingerprint density at radius 2 is 1.83 bits per heavy atom. The Morgan fingerprint density at radius 3 is 2.57 bits per heavy atom. The highest BCUT2D eigenvalue weighted by molar-refractivity contribution is 6.32. The van der Waals surface area contributed by atoms with Gasteiger partial charge in [-0.05, 0) is 30.2 Å². The van der Waals surface area contributed by atoms with Gasteiger partial charge in [0.15, 0.2) is 0 Å². The van der Waals surface area contributed by atoms with Crippen LogP contribution in [0.2, 0.25) is 5.02 Å². The molecule has 2 amide bonds. The van der Waals surface area contributed by atoms with Gasteiger partial charge in [0.2, 0.25) is 0 Å². The van der Waals surface area contributed by atoms with E-state index in [2.05, 4.69) is 34.3 Å². The molecular weight excluding hydrogens is 402 g/mol. The van der Waals surface area contributed by atoms with Gasteiger partial charge in [-0.25, -0.2) is 4.79 Å². The first-order valence-corrected chi connectivity index (χ1v) is 10.2. The smallest absolute Gasteiger partial charge is 0.322 e. The van der Waals surface area contributed by atoms with Gasteiger partial charge in [0.25, 0.3) is 0 Å². The SMILES string of the molecule is COc1cc(OC)c(NC(=O)N2CCn3cccc3[C@H]2Cc2ccccc2)cc1Cl. The van der Waals surface area contributed by atoms with E-state index in [0.717, 1.165) is 18.7 Å². The fourth-order valence-corrected chi connectivity index (χ4v) is 4.15. The average molecular weight is 426 g/mol. The molecule has 0 aliphatic carbocycles. The summed E-state index contributed by atoms with van der Waals surface area (Å²) in [5, 5.41) is 3.38. The van der Waals surface area contributed by atoms with E-state index >= 15 is 0 Å². The van der Waals surface area contributed by atoms with Crippen molar-refractivity contribution < 1.29 is 14.3 Å². The molecule has 1 aliphatic rings. The molecule has 4 rings (SSSR count). The molecule has 1 atom stereocenters. The third-order valence-corrected chi connectivity index (χ3v) is 5.71. The number of fused-ring (bicyclic) bond motifs is 1. The van der Waals surface area contributed by atoms with E-state index < -0.39 is 0 Å². The van der Waals surface area contributed by atoms with Crippen molar-refractivity contribution in [2.24, 2.45) is 0 Å². The monoisotopic (exact) mass is 425 g/mol. The normalized spacial score (nSPS) is 15.4. The Balaban J connectivity index is 1.62. The number of rotatable bonds is 5. The highest BCUT2D eigenvalue weighted by Crippen LogP contribution is 2.37. The van der Waals surface area contributed by atoms with Crippen molar-refractivity contribution in [3.8, 4) is 11.5 Å². The molecule has 1 aromatic heterocycles. The van der Waals surface area contributed by atoms with Crippen LogP contribution < -0.4 is 14.8 Å². The number of anilines is 1. The van der Waals surface area contributed by atoms with Gasteiger partial charge in [-0.15, -0.1) is 0 Å². The van der Waals surface area contributed by atoms with Gasteiger partial charge < -0.3 is 24.3 Å². The fourth-order valence-electron chi connectivity index (χ4n) is 3.90. The number of aromatic nitrogens is 1. The molecule has 30 heavy (non-hydrogen) atoms.